The molecule has 1 aromatic carbocycles. The van der Waals surface area contributed by atoms with E-state index in [2.05, 4.69) is 54.9 Å². The Kier molecular flexibility index (Phi) is 6.72. The summed E-state index contributed by atoms with van der Waals surface area (Å²) < 4.78 is 0. The van der Waals surface area contributed by atoms with E-state index in [0.29, 0.717) is 0 Å². The molecule has 0 spiro atoms. The zero-order valence-corrected chi connectivity index (χ0v) is 13.8. The third kappa shape index (κ3) is 7.72. The van der Waals surface area contributed by atoms with Gasteiger partial charge in [0, 0.05) is 12.8 Å². The molecule has 1 nitrogen and oxygen atoms in total. The highest BCUT2D eigenvalue weighted by atomic mass is 32.4. The fourth-order valence-electron chi connectivity index (χ4n) is 1.84. The number of benzene rings is 1. The van der Waals surface area contributed by atoms with Crippen LogP contribution < -0.4 is 0 Å². The highest BCUT2D eigenvalue weighted by Crippen LogP contribution is 2.27. The number of hydrogen-bond donors (Lipinski definition) is 0. The van der Waals surface area contributed by atoms with Crippen molar-refractivity contribution in [2.24, 2.45) is 4.99 Å². The Morgan fingerprint density at radius 1 is 1.22 bits per heavy atom. The molecule has 0 saturated heterocycles. The quantitative estimate of drug-likeness (QED) is 0.395. The van der Waals surface area contributed by atoms with E-state index in [1.165, 1.54) is 18.4 Å². The van der Waals surface area contributed by atoms with Gasteiger partial charge in [0.1, 0.15) is 7.22 Å². The van der Waals surface area contributed by atoms with Crippen molar-refractivity contribution in [2.45, 2.75) is 44.7 Å². The summed E-state index contributed by atoms with van der Waals surface area (Å²) in [6.07, 6.45) is 4.46. The summed E-state index contributed by atoms with van der Waals surface area (Å²) in [6.45, 7) is 10.6. The van der Waals surface area contributed by atoms with Crippen molar-refractivity contribution in [1.82, 2.24) is 0 Å². The lowest BCUT2D eigenvalue weighted by Crippen LogP contribution is -2.18. The predicted molar refractivity (Wildman–Crippen MR) is 88.5 cm³/mol. The van der Waals surface area contributed by atoms with Gasteiger partial charge in [-0.3, -0.25) is 4.99 Å². The van der Waals surface area contributed by atoms with Gasteiger partial charge in [0.2, 0.25) is 0 Å². The fourth-order valence-corrected chi connectivity index (χ4v) is 7.31. The van der Waals surface area contributed by atoms with Crippen LogP contribution in [0.15, 0.2) is 35.3 Å². The Labute approximate surface area is 117 Å². The van der Waals surface area contributed by atoms with Gasteiger partial charge in [-0.2, -0.15) is 11.2 Å². The molecular weight excluding hydrogens is 254 g/mol. The molecule has 0 N–H and O–H groups in total. The Balaban J connectivity index is 2.17. The minimum atomic E-state index is -0.963. The standard InChI is InChI=1S/C15H25NSSi/c1-14(17-18(2,3)4)9-8-12-16-13-15-10-6-5-7-11-15/h5-7,10-11,13-14H,8-9,12H2,1-4H3/b16-13+. The molecule has 0 aliphatic heterocycles. The fraction of sp³-hybridized carbons (Fsp3) is 0.533. The number of nitrogens with zero attached hydrogens (tertiary/aromatic N) is 1. The molecule has 0 aromatic heterocycles. The van der Waals surface area contributed by atoms with E-state index in [1.54, 1.807) is 0 Å². The summed E-state index contributed by atoms with van der Waals surface area (Å²) in [6, 6.07) is 10.3. The summed E-state index contributed by atoms with van der Waals surface area (Å²) in [5.74, 6) is 0. The first-order valence-electron chi connectivity index (χ1n) is 6.70. The van der Waals surface area contributed by atoms with Gasteiger partial charge in [0.15, 0.2) is 0 Å². The lowest BCUT2D eigenvalue weighted by molar-refractivity contribution is 0.743. The molecule has 18 heavy (non-hydrogen) atoms. The highest BCUT2D eigenvalue weighted by molar-refractivity contribution is 8.29. The van der Waals surface area contributed by atoms with E-state index in [1.807, 2.05) is 24.4 Å². The second-order valence-electron chi connectivity index (χ2n) is 5.63. The maximum Gasteiger partial charge on any atom is 0.108 e. The van der Waals surface area contributed by atoms with E-state index in [4.69, 9.17) is 0 Å². The molecule has 3 heteroatoms. The molecule has 0 bridgehead atoms. The number of rotatable bonds is 7. The average Bonchev–Trinajstić information content (AvgIpc) is 2.27. The lowest BCUT2D eigenvalue weighted by atomic mass is 10.2. The number of aliphatic imine (C=N–C) groups is 1. The molecule has 0 saturated carbocycles. The molecule has 0 amide bonds. The van der Waals surface area contributed by atoms with Crippen LogP contribution in [0.4, 0.5) is 0 Å². The zero-order chi connectivity index (χ0) is 13.4. The van der Waals surface area contributed by atoms with Crippen LogP contribution in [0.25, 0.3) is 0 Å². The van der Waals surface area contributed by atoms with Gasteiger partial charge in [0.25, 0.3) is 0 Å². The Morgan fingerprint density at radius 2 is 1.89 bits per heavy atom. The summed E-state index contributed by atoms with van der Waals surface area (Å²) in [5.41, 5.74) is 1.20. The first-order chi connectivity index (χ1) is 8.47. The minimum Gasteiger partial charge on any atom is -0.293 e. The van der Waals surface area contributed by atoms with Crippen LogP contribution in [-0.2, 0) is 0 Å². The van der Waals surface area contributed by atoms with Crippen molar-refractivity contribution < 1.29 is 0 Å². The molecule has 1 atom stereocenters. The smallest absolute Gasteiger partial charge is 0.108 e. The zero-order valence-electron chi connectivity index (χ0n) is 12.0. The summed E-state index contributed by atoms with van der Waals surface area (Å²) in [7, 11) is -0.963. The van der Waals surface area contributed by atoms with Gasteiger partial charge in [-0.25, -0.2) is 0 Å². The first-order valence-corrected chi connectivity index (χ1v) is 11.8. The van der Waals surface area contributed by atoms with Crippen molar-refractivity contribution in [3.05, 3.63) is 35.9 Å². The van der Waals surface area contributed by atoms with E-state index < -0.39 is 7.22 Å². The minimum absolute atomic E-state index is 0.781. The van der Waals surface area contributed by atoms with Crippen LogP contribution in [0.2, 0.25) is 19.6 Å². The third-order valence-corrected chi connectivity index (χ3v) is 7.17. The normalized spacial score (nSPS) is 14.0. The molecular formula is C15H25NSSi. The van der Waals surface area contributed by atoms with Crippen LogP contribution in [0, 0.1) is 0 Å². The highest BCUT2D eigenvalue weighted by Gasteiger charge is 2.17. The van der Waals surface area contributed by atoms with Crippen LogP contribution in [-0.4, -0.2) is 25.2 Å². The third-order valence-electron chi connectivity index (χ3n) is 2.49. The average molecular weight is 280 g/mol. The maximum absolute atomic E-state index is 4.49. The van der Waals surface area contributed by atoms with Crippen molar-refractivity contribution in [2.75, 3.05) is 6.54 Å². The van der Waals surface area contributed by atoms with Gasteiger partial charge in [-0.05, 0) is 23.7 Å². The molecule has 0 heterocycles. The largest absolute Gasteiger partial charge is 0.293 e. The SMILES string of the molecule is CC(CCC/N=C/c1ccccc1)S[Si](C)(C)C. The van der Waals surface area contributed by atoms with E-state index >= 15 is 0 Å². The van der Waals surface area contributed by atoms with E-state index in [-0.39, 0.29) is 0 Å². The second kappa shape index (κ2) is 7.80. The monoisotopic (exact) mass is 279 g/mol. The summed E-state index contributed by atoms with van der Waals surface area (Å²) in [4.78, 5) is 4.49. The van der Waals surface area contributed by atoms with Crippen LogP contribution >= 0.6 is 11.2 Å². The molecule has 0 aliphatic carbocycles. The molecule has 1 rings (SSSR count). The van der Waals surface area contributed by atoms with Crippen molar-refractivity contribution in [3.8, 4) is 0 Å². The van der Waals surface area contributed by atoms with Crippen molar-refractivity contribution in [3.63, 3.8) is 0 Å². The summed E-state index contributed by atoms with van der Waals surface area (Å²) >= 11 is 2.20. The van der Waals surface area contributed by atoms with Gasteiger partial charge >= 0.3 is 0 Å². The molecule has 1 aromatic rings. The lowest BCUT2D eigenvalue weighted by Gasteiger charge is -2.20. The number of hydrogen-bond acceptors (Lipinski definition) is 2. The predicted octanol–water partition coefficient (Wildman–Crippen LogP) is 4.84. The summed E-state index contributed by atoms with van der Waals surface area (Å²) in [5, 5.41) is 0.781. The molecule has 0 fully saturated rings. The molecule has 1 unspecified atom stereocenters. The van der Waals surface area contributed by atoms with Crippen LogP contribution in [0.5, 0.6) is 0 Å². The molecule has 0 radical (unpaired) electrons. The maximum atomic E-state index is 4.49. The first kappa shape index (κ1) is 15.5. The molecule has 100 valence electrons. The van der Waals surface area contributed by atoms with Gasteiger partial charge in [0.05, 0.1) is 0 Å². The Morgan fingerprint density at radius 3 is 2.50 bits per heavy atom. The Bertz CT molecular complexity index is 357. The Hall–Kier alpha value is -0.543. The topological polar surface area (TPSA) is 12.4 Å². The van der Waals surface area contributed by atoms with Crippen LogP contribution in [0.1, 0.15) is 25.3 Å². The van der Waals surface area contributed by atoms with Crippen molar-refractivity contribution in [1.29, 1.82) is 0 Å². The van der Waals surface area contributed by atoms with E-state index in [9.17, 15) is 0 Å². The van der Waals surface area contributed by atoms with Crippen molar-refractivity contribution >= 4 is 24.6 Å². The van der Waals surface area contributed by atoms with Gasteiger partial charge in [-0.1, -0.05) is 56.9 Å². The van der Waals surface area contributed by atoms with E-state index in [0.717, 1.165) is 11.8 Å². The van der Waals surface area contributed by atoms with Gasteiger partial charge < -0.3 is 0 Å². The second-order valence-corrected chi connectivity index (χ2v) is 15.3. The van der Waals surface area contributed by atoms with Gasteiger partial charge in [-0.15, -0.1) is 0 Å². The molecule has 0 aliphatic rings. The van der Waals surface area contributed by atoms with Crippen LogP contribution in [0.3, 0.4) is 0 Å².